The second kappa shape index (κ2) is 9.41. The highest BCUT2D eigenvalue weighted by atomic mass is 19.1. The fourth-order valence-corrected chi connectivity index (χ4v) is 4.50. The van der Waals surface area contributed by atoms with Gasteiger partial charge in [0.1, 0.15) is 12.4 Å². The van der Waals surface area contributed by atoms with Gasteiger partial charge >= 0.3 is 6.03 Å². The van der Waals surface area contributed by atoms with Gasteiger partial charge in [0.2, 0.25) is 5.91 Å². The number of urea groups is 1. The molecule has 0 unspecified atom stereocenters. The predicted octanol–water partition coefficient (Wildman–Crippen LogP) is 2.32. The van der Waals surface area contributed by atoms with Crippen LogP contribution in [0.3, 0.4) is 0 Å². The summed E-state index contributed by atoms with van der Waals surface area (Å²) in [6.07, 6.45) is 0.826. The van der Waals surface area contributed by atoms with Gasteiger partial charge < -0.3 is 20.2 Å². The number of hydrogen-bond donors (Lipinski definition) is 2. The van der Waals surface area contributed by atoms with Crippen molar-refractivity contribution in [2.45, 2.75) is 31.3 Å². The maximum absolute atomic E-state index is 13.3. The van der Waals surface area contributed by atoms with Crippen LogP contribution < -0.4 is 5.32 Å². The van der Waals surface area contributed by atoms with Crippen molar-refractivity contribution in [3.63, 3.8) is 0 Å². The number of carbonyl (C=O) groups excluding carboxylic acids is 2. The van der Waals surface area contributed by atoms with Gasteiger partial charge in [-0.3, -0.25) is 4.79 Å². The van der Waals surface area contributed by atoms with E-state index in [9.17, 15) is 19.1 Å². The first-order valence-electron chi connectivity index (χ1n) is 10.8. The molecule has 6 nitrogen and oxygen atoms in total. The Labute approximate surface area is 187 Å². The van der Waals surface area contributed by atoms with Gasteiger partial charge in [0.15, 0.2) is 0 Å². The molecule has 2 heterocycles. The molecule has 0 spiro atoms. The van der Waals surface area contributed by atoms with Crippen LogP contribution in [0.2, 0.25) is 0 Å². The highest BCUT2D eigenvalue weighted by Gasteiger charge is 2.54. The van der Waals surface area contributed by atoms with Gasteiger partial charge in [-0.05, 0) is 42.3 Å². The van der Waals surface area contributed by atoms with Gasteiger partial charge in [-0.1, -0.05) is 37.0 Å². The lowest BCUT2D eigenvalue weighted by molar-refractivity contribution is -0.159. The average molecular weight is 435 g/mol. The number of nitrogens with zero attached hydrogens (tertiary/aromatic N) is 2. The number of piperazine rings is 1. The molecule has 2 fully saturated rings. The van der Waals surface area contributed by atoms with Crippen molar-refractivity contribution in [2.24, 2.45) is 0 Å². The summed E-state index contributed by atoms with van der Waals surface area (Å²) in [6.45, 7) is 2.88. The van der Waals surface area contributed by atoms with Gasteiger partial charge in [-0.15, -0.1) is 0 Å². The molecule has 0 aromatic heterocycles. The standard InChI is InChI=1S/C25H26FN3O3/c1-2-12-27-25(32)28-14-21-24(22(16-30)29(21)23(31)15-28)19-10-8-17(9-11-19)6-7-18-4-3-5-20(26)13-18/h3-5,8-11,13,21-22,24,30H,2,12,14-16H2,1H3,(H,27,32)/t21-,22-,24+/m1/s1. The second-order valence-electron chi connectivity index (χ2n) is 8.14. The lowest BCUT2D eigenvalue weighted by Gasteiger charge is -2.58. The quantitative estimate of drug-likeness (QED) is 0.724. The Hall–Kier alpha value is -3.37. The molecule has 2 aliphatic rings. The highest BCUT2D eigenvalue weighted by molar-refractivity contribution is 5.87. The van der Waals surface area contributed by atoms with E-state index in [-0.39, 0.29) is 48.9 Å². The zero-order valence-corrected chi connectivity index (χ0v) is 17.9. The van der Waals surface area contributed by atoms with Crippen LogP contribution >= 0.6 is 0 Å². The summed E-state index contributed by atoms with van der Waals surface area (Å²) in [5.41, 5.74) is 2.38. The molecule has 0 saturated carbocycles. The molecule has 32 heavy (non-hydrogen) atoms. The lowest BCUT2D eigenvalue weighted by atomic mass is 9.73. The smallest absolute Gasteiger partial charge is 0.317 e. The maximum Gasteiger partial charge on any atom is 0.317 e. The largest absolute Gasteiger partial charge is 0.394 e. The molecule has 7 heteroatoms. The molecule has 3 atom stereocenters. The third-order valence-corrected chi connectivity index (χ3v) is 6.04. The number of carbonyl (C=O) groups is 2. The van der Waals surface area contributed by atoms with Crippen molar-refractivity contribution in [1.29, 1.82) is 0 Å². The van der Waals surface area contributed by atoms with E-state index in [1.165, 1.54) is 12.1 Å². The van der Waals surface area contributed by atoms with Crippen molar-refractivity contribution in [3.05, 3.63) is 71.0 Å². The van der Waals surface area contributed by atoms with E-state index in [4.69, 9.17) is 0 Å². The minimum Gasteiger partial charge on any atom is -0.394 e. The SMILES string of the molecule is CCCNC(=O)N1CC(=O)N2[C@H](CO)[C@@H](c3ccc(C#Cc4cccc(F)c4)cc3)[C@H]2C1. The van der Waals surface area contributed by atoms with Crippen LogP contribution in [0, 0.1) is 17.7 Å². The second-order valence-corrected chi connectivity index (χ2v) is 8.14. The van der Waals surface area contributed by atoms with Crippen LogP contribution in [0.15, 0.2) is 48.5 Å². The molecule has 2 aromatic carbocycles. The lowest BCUT2D eigenvalue weighted by Crippen LogP contribution is -2.73. The normalized spacial score (nSPS) is 21.8. The van der Waals surface area contributed by atoms with Crippen molar-refractivity contribution in [2.75, 3.05) is 26.2 Å². The third kappa shape index (κ3) is 4.32. The molecule has 2 saturated heterocycles. The first-order valence-corrected chi connectivity index (χ1v) is 10.8. The average Bonchev–Trinajstić information content (AvgIpc) is 2.78. The number of nitrogens with one attached hydrogen (secondary N) is 1. The van der Waals surface area contributed by atoms with Crippen LogP contribution in [0.25, 0.3) is 0 Å². The molecule has 4 rings (SSSR count). The Balaban J connectivity index is 1.50. The summed E-state index contributed by atoms with van der Waals surface area (Å²) in [6, 6.07) is 13.1. The topological polar surface area (TPSA) is 72.9 Å². The molecule has 0 radical (unpaired) electrons. The number of hydrogen-bond acceptors (Lipinski definition) is 3. The van der Waals surface area contributed by atoms with Crippen LogP contribution in [-0.4, -0.2) is 65.2 Å². The number of aliphatic hydroxyl groups is 1. The van der Waals surface area contributed by atoms with Crippen LogP contribution in [0.4, 0.5) is 9.18 Å². The Morgan fingerprint density at radius 2 is 1.94 bits per heavy atom. The Morgan fingerprint density at radius 3 is 2.62 bits per heavy atom. The molecular weight excluding hydrogens is 409 g/mol. The number of fused-ring (bicyclic) bond motifs is 1. The van der Waals surface area contributed by atoms with Crippen LogP contribution in [0.1, 0.15) is 36.0 Å². The molecule has 2 aromatic rings. The van der Waals surface area contributed by atoms with E-state index in [1.807, 2.05) is 31.2 Å². The fourth-order valence-electron chi connectivity index (χ4n) is 4.50. The molecule has 0 bridgehead atoms. The highest BCUT2D eigenvalue weighted by Crippen LogP contribution is 2.42. The van der Waals surface area contributed by atoms with Crippen molar-refractivity contribution < 1.29 is 19.1 Å². The minimum atomic E-state index is -0.323. The number of amides is 3. The van der Waals surface area contributed by atoms with Crippen molar-refractivity contribution >= 4 is 11.9 Å². The Bertz CT molecular complexity index is 1060. The summed E-state index contributed by atoms with van der Waals surface area (Å²) >= 11 is 0. The van der Waals surface area contributed by atoms with E-state index in [0.29, 0.717) is 18.7 Å². The van der Waals surface area contributed by atoms with Crippen molar-refractivity contribution in [3.8, 4) is 11.8 Å². The van der Waals surface area contributed by atoms with Crippen LogP contribution in [-0.2, 0) is 4.79 Å². The monoisotopic (exact) mass is 435 g/mol. The summed E-state index contributed by atoms with van der Waals surface area (Å²) in [4.78, 5) is 28.3. The van der Waals surface area contributed by atoms with Crippen molar-refractivity contribution in [1.82, 2.24) is 15.1 Å². The Morgan fingerprint density at radius 1 is 1.19 bits per heavy atom. The fraction of sp³-hybridized carbons (Fsp3) is 0.360. The van der Waals surface area contributed by atoms with Gasteiger partial charge in [-0.2, -0.15) is 0 Å². The zero-order chi connectivity index (χ0) is 22.7. The van der Waals surface area contributed by atoms with Gasteiger partial charge in [0.25, 0.3) is 0 Å². The van der Waals surface area contributed by atoms with Crippen LogP contribution in [0.5, 0.6) is 0 Å². The molecule has 0 aliphatic carbocycles. The summed E-state index contributed by atoms with van der Waals surface area (Å²) in [5.74, 6) is 5.46. The van der Waals surface area contributed by atoms with Gasteiger partial charge in [0, 0.05) is 30.1 Å². The van der Waals surface area contributed by atoms with E-state index in [2.05, 4.69) is 17.2 Å². The first-order chi connectivity index (χ1) is 15.5. The molecule has 3 amide bonds. The summed E-state index contributed by atoms with van der Waals surface area (Å²) < 4.78 is 13.3. The number of aliphatic hydroxyl groups excluding tert-OH is 1. The van der Waals surface area contributed by atoms with E-state index in [1.54, 1.807) is 21.9 Å². The number of rotatable bonds is 4. The minimum absolute atomic E-state index is 0.0316. The summed E-state index contributed by atoms with van der Waals surface area (Å²) in [5, 5.41) is 12.7. The third-order valence-electron chi connectivity index (χ3n) is 6.04. The summed E-state index contributed by atoms with van der Waals surface area (Å²) in [7, 11) is 0. The number of benzene rings is 2. The van der Waals surface area contributed by atoms with Gasteiger partial charge in [-0.25, -0.2) is 9.18 Å². The van der Waals surface area contributed by atoms with E-state index >= 15 is 0 Å². The predicted molar refractivity (Wildman–Crippen MR) is 118 cm³/mol. The van der Waals surface area contributed by atoms with E-state index in [0.717, 1.165) is 17.5 Å². The molecular formula is C25H26FN3O3. The first kappa shape index (κ1) is 21.8. The zero-order valence-electron chi connectivity index (χ0n) is 17.9. The van der Waals surface area contributed by atoms with E-state index < -0.39 is 0 Å². The molecule has 2 aliphatic heterocycles. The van der Waals surface area contributed by atoms with Gasteiger partial charge in [0.05, 0.1) is 18.7 Å². The number of halogens is 1. The Kier molecular flexibility index (Phi) is 6.42. The maximum atomic E-state index is 13.3. The molecule has 2 N–H and O–H groups in total. The molecule has 166 valence electrons.